The number of hydrogen-bond acceptors (Lipinski definition) is 2. The first-order valence-electron chi connectivity index (χ1n) is 6.93. The van der Waals surface area contributed by atoms with Crippen molar-refractivity contribution in [2.45, 2.75) is 26.7 Å². The second-order valence-corrected chi connectivity index (χ2v) is 5.42. The number of benzene rings is 1. The number of nitrogens with two attached hydrogens (primary N) is 1. The predicted molar refractivity (Wildman–Crippen MR) is 88.4 cm³/mol. The fourth-order valence-corrected chi connectivity index (χ4v) is 2.95. The van der Waals surface area contributed by atoms with Gasteiger partial charge in [-0.05, 0) is 56.0 Å². The van der Waals surface area contributed by atoms with Gasteiger partial charge in [0.25, 0.3) is 5.91 Å². The summed E-state index contributed by atoms with van der Waals surface area (Å²) in [7, 11) is 0. The molecule has 112 valence electrons. The molecule has 0 bridgehead atoms. The van der Waals surface area contributed by atoms with Crippen LogP contribution in [0.3, 0.4) is 0 Å². The van der Waals surface area contributed by atoms with E-state index in [1.165, 1.54) is 0 Å². The summed E-state index contributed by atoms with van der Waals surface area (Å²) in [6, 6.07) is 7.79. The van der Waals surface area contributed by atoms with Gasteiger partial charge in [-0.1, -0.05) is 6.07 Å². The number of carbonyl (C=O) groups is 1. The van der Waals surface area contributed by atoms with E-state index in [0.29, 0.717) is 5.69 Å². The van der Waals surface area contributed by atoms with E-state index in [2.05, 4.69) is 4.98 Å². The first-order chi connectivity index (χ1) is 9.58. The largest absolute Gasteiger partial charge is 0.398 e. The van der Waals surface area contributed by atoms with Gasteiger partial charge in [0.05, 0.1) is 0 Å². The number of rotatable bonds is 1. The van der Waals surface area contributed by atoms with Crippen molar-refractivity contribution in [2.24, 2.45) is 0 Å². The van der Waals surface area contributed by atoms with Crippen LogP contribution in [0.5, 0.6) is 0 Å². The van der Waals surface area contributed by atoms with Crippen molar-refractivity contribution in [2.75, 3.05) is 17.2 Å². The molecule has 3 rings (SSSR count). The molecule has 1 aliphatic heterocycles. The van der Waals surface area contributed by atoms with Gasteiger partial charge in [-0.15, -0.1) is 12.4 Å². The van der Waals surface area contributed by atoms with Crippen molar-refractivity contribution >= 4 is 29.7 Å². The van der Waals surface area contributed by atoms with Crippen LogP contribution in [0, 0.1) is 13.8 Å². The number of halogens is 1. The second kappa shape index (κ2) is 5.82. The molecule has 0 unspecified atom stereocenters. The monoisotopic (exact) mass is 305 g/mol. The third-order valence-electron chi connectivity index (χ3n) is 3.90. The highest BCUT2D eigenvalue weighted by molar-refractivity contribution is 6.06. The molecule has 1 aliphatic rings. The number of H-pyrrole nitrogens is 1. The van der Waals surface area contributed by atoms with Crippen molar-refractivity contribution in [3.05, 3.63) is 46.8 Å². The summed E-state index contributed by atoms with van der Waals surface area (Å²) in [4.78, 5) is 17.8. The molecule has 2 heterocycles. The second-order valence-electron chi connectivity index (χ2n) is 5.42. The van der Waals surface area contributed by atoms with Crippen molar-refractivity contribution in [3.63, 3.8) is 0 Å². The normalized spacial score (nSPS) is 13.5. The Morgan fingerprint density at radius 2 is 2.10 bits per heavy atom. The van der Waals surface area contributed by atoms with E-state index in [4.69, 9.17) is 5.73 Å². The molecule has 3 N–H and O–H groups in total. The topological polar surface area (TPSA) is 62.1 Å². The first-order valence-corrected chi connectivity index (χ1v) is 6.93. The van der Waals surface area contributed by atoms with Gasteiger partial charge in [0.1, 0.15) is 5.69 Å². The van der Waals surface area contributed by atoms with Crippen LogP contribution < -0.4 is 10.6 Å². The van der Waals surface area contributed by atoms with Gasteiger partial charge < -0.3 is 15.6 Å². The summed E-state index contributed by atoms with van der Waals surface area (Å²) < 4.78 is 0. The average molecular weight is 306 g/mol. The minimum absolute atomic E-state index is 0. The molecule has 0 spiro atoms. The van der Waals surface area contributed by atoms with Gasteiger partial charge >= 0.3 is 0 Å². The average Bonchev–Trinajstić information content (AvgIpc) is 2.77. The summed E-state index contributed by atoms with van der Waals surface area (Å²) in [5.41, 5.74) is 11.5. The zero-order valence-corrected chi connectivity index (χ0v) is 13.1. The highest BCUT2D eigenvalue weighted by Crippen LogP contribution is 2.32. The third kappa shape index (κ3) is 2.63. The highest BCUT2D eigenvalue weighted by Gasteiger charge is 2.26. The number of amides is 1. The summed E-state index contributed by atoms with van der Waals surface area (Å²) in [5.74, 6) is 0.0298. The number of nitrogen functional groups attached to an aromatic ring is 1. The molecule has 5 heteroatoms. The van der Waals surface area contributed by atoms with Crippen molar-refractivity contribution in [3.8, 4) is 0 Å². The van der Waals surface area contributed by atoms with Gasteiger partial charge in [-0.25, -0.2) is 0 Å². The van der Waals surface area contributed by atoms with Crippen LogP contribution in [0.25, 0.3) is 0 Å². The molecule has 1 amide bonds. The number of carbonyl (C=O) groups excluding carboxylic acids is 1. The van der Waals surface area contributed by atoms with Crippen LogP contribution in [0.2, 0.25) is 0 Å². The predicted octanol–water partition coefficient (Wildman–Crippen LogP) is 3.23. The first kappa shape index (κ1) is 15.4. The lowest BCUT2D eigenvalue weighted by Crippen LogP contribution is -2.36. The van der Waals surface area contributed by atoms with Crippen LogP contribution in [-0.4, -0.2) is 17.4 Å². The van der Waals surface area contributed by atoms with Crippen molar-refractivity contribution in [1.29, 1.82) is 0 Å². The Morgan fingerprint density at radius 3 is 2.76 bits per heavy atom. The number of anilines is 2. The molecule has 0 saturated carbocycles. The van der Waals surface area contributed by atoms with Crippen molar-refractivity contribution in [1.82, 2.24) is 4.98 Å². The van der Waals surface area contributed by atoms with E-state index in [9.17, 15) is 4.79 Å². The van der Waals surface area contributed by atoms with Gasteiger partial charge in [0, 0.05) is 23.6 Å². The minimum Gasteiger partial charge on any atom is -0.398 e. The van der Waals surface area contributed by atoms with E-state index < -0.39 is 0 Å². The SMILES string of the molecule is Cc1cc(C)c(C(=O)N2CCCc3c(N)cccc32)[nH]1.Cl. The lowest BCUT2D eigenvalue weighted by molar-refractivity contribution is 0.0980. The Hall–Kier alpha value is -1.94. The van der Waals surface area contributed by atoms with E-state index >= 15 is 0 Å². The molecular formula is C16H20ClN3O. The molecule has 4 nitrogen and oxygen atoms in total. The number of fused-ring (bicyclic) bond motifs is 1. The third-order valence-corrected chi connectivity index (χ3v) is 3.90. The summed E-state index contributed by atoms with van der Waals surface area (Å²) >= 11 is 0. The standard InChI is InChI=1S/C16H19N3O.ClH/c1-10-9-11(2)18-15(10)16(20)19-8-4-5-12-13(17)6-3-7-14(12)19;/h3,6-7,9,18H,4-5,8,17H2,1-2H3;1H. The van der Waals surface area contributed by atoms with E-state index in [1.807, 2.05) is 43.0 Å². The zero-order chi connectivity index (χ0) is 14.3. The molecule has 0 aliphatic carbocycles. The Balaban J connectivity index is 0.00000161. The Labute approximate surface area is 130 Å². The van der Waals surface area contributed by atoms with Crippen LogP contribution >= 0.6 is 12.4 Å². The maximum absolute atomic E-state index is 12.8. The van der Waals surface area contributed by atoms with Gasteiger partial charge in [-0.2, -0.15) is 0 Å². The fourth-order valence-electron chi connectivity index (χ4n) is 2.95. The maximum atomic E-state index is 12.8. The Kier molecular flexibility index (Phi) is 4.28. The number of hydrogen-bond donors (Lipinski definition) is 2. The smallest absolute Gasteiger partial charge is 0.274 e. The number of aromatic amines is 1. The van der Waals surface area contributed by atoms with Gasteiger partial charge in [0.15, 0.2) is 0 Å². The zero-order valence-electron chi connectivity index (χ0n) is 12.3. The lowest BCUT2D eigenvalue weighted by Gasteiger charge is -2.30. The van der Waals surface area contributed by atoms with Crippen molar-refractivity contribution < 1.29 is 4.79 Å². The molecule has 2 aromatic rings. The number of nitrogens with one attached hydrogen (secondary N) is 1. The Morgan fingerprint density at radius 1 is 1.33 bits per heavy atom. The molecule has 1 aromatic heterocycles. The summed E-state index contributed by atoms with van der Waals surface area (Å²) in [6.45, 7) is 4.67. The highest BCUT2D eigenvalue weighted by atomic mass is 35.5. The summed E-state index contributed by atoms with van der Waals surface area (Å²) in [5, 5.41) is 0. The molecular weight excluding hydrogens is 286 g/mol. The lowest BCUT2D eigenvalue weighted by atomic mass is 9.99. The minimum atomic E-state index is 0. The maximum Gasteiger partial charge on any atom is 0.274 e. The van der Waals surface area contributed by atoms with Crippen LogP contribution in [-0.2, 0) is 6.42 Å². The number of aromatic nitrogens is 1. The molecule has 0 fully saturated rings. The fraction of sp³-hybridized carbons (Fsp3) is 0.312. The van der Waals surface area contributed by atoms with Crippen LogP contribution in [0.4, 0.5) is 11.4 Å². The van der Waals surface area contributed by atoms with Crippen LogP contribution in [0.15, 0.2) is 24.3 Å². The molecule has 1 aromatic carbocycles. The quantitative estimate of drug-likeness (QED) is 0.795. The molecule has 0 atom stereocenters. The molecule has 0 radical (unpaired) electrons. The van der Waals surface area contributed by atoms with Gasteiger partial charge in [0.2, 0.25) is 0 Å². The van der Waals surface area contributed by atoms with E-state index in [0.717, 1.165) is 47.6 Å². The molecule has 21 heavy (non-hydrogen) atoms. The Bertz CT molecular complexity index is 678. The van der Waals surface area contributed by atoms with Gasteiger partial charge in [-0.3, -0.25) is 4.79 Å². The number of aryl methyl sites for hydroxylation is 2. The van der Waals surface area contributed by atoms with Crippen LogP contribution in [0.1, 0.15) is 33.7 Å². The molecule has 0 saturated heterocycles. The number of nitrogens with zero attached hydrogens (tertiary/aromatic N) is 1. The van der Waals surface area contributed by atoms with E-state index in [-0.39, 0.29) is 18.3 Å². The summed E-state index contributed by atoms with van der Waals surface area (Å²) in [6.07, 6.45) is 1.89. The van der Waals surface area contributed by atoms with E-state index in [1.54, 1.807) is 0 Å².